The van der Waals surface area contributed by atoms with E-state index >= 15 is 0 Å². The van der Waals surface area contributed by atoms with E-state index in [-0.39, 0.29) is 11.8 Å². The van der Waals surface area contributed by atoms with Crippen molar-refractivity contribution in [1.29, 1.82) is 0 Å². The Balaban J connectivity index is 2.19. The third kappa shape index (κ3) is 7.14. The van der Waals surface area contributed by atoms with Gasteiger partial charge in [0.25, 0.3) is 5.91 Å². The van der Waals surface area contributed by atoms with Crippen LogP contribution in [0.1, 0.15) is 52.7 Å². The standard InChI is InChI=1S/C15H24N4O3S/c1-3-11-10(2)9-12(23-11)14(21)19-18-13(20)7-5-4-6-8-17-15(16)22/h9H,3-8H2,1-2H3,(H,18,20)(H,19,21)(H3,16,17,22). The molecule has 1 aromatic heterocycles. The van der Waals surface area contributed by atoms with Crippen LogP contribution in [0, 0.1) is 6.92 Å². The number of thiophene rings is 1. The first-order valence-electron chi connectivity index (χ1n) is 7.65. The Morgan fingerprint density at radius 3 is 2.52 bits per heavy atom. The summed E-state index contributed by atoms with van der Waals surface area (Å²) >= 11 is 1.44. The van der Waals surface area contributed by atoms with Crippen molar-refractivity contribution in [3.05, 3.63) is 21.4 Å². The number of hydrazine groups is 1. The van der Waals surface area contributed by atoms with E-state index in [0.717, 1.165) is 24.8 Å². The largest absolute Gasteiger partial charge is 0.352 e. The van der Waals surface area contributed by atoms with Crippen molar-refractivity contribution in [3.63, 3.8) is 0 Å². The number of hydrogen-bond acceptors (Lipinski definition) is 4. The van der Waals surface area contributed by atoms with E-state index < -0.39 is 6.03 Å². The van der Waals surface area contributed by atoms with Gasteiger partial charge in [0.1, 0.15) is 0 Å². The van der Waals surface area contributed by atoms with E-state index in [1.165, 1.54) is 16.2 Å². The molecule has 1 heterocycles. The summed E-state index contributed by atoms with van der Waals surface area (Å²) in [5, 5.41) is 2.49. The zero-order valence-corrected chi connectivity index (χ0v) is 14.3. The summed E-state index contributed by atoms with van der Waals surface area (Å²) in [5.41, 5.74) is 10.9. The van der Waals surface area contributed by atoms with Crippen LogP contribution in [0.25, 0.3) is 0 Å². The lowest BCUT2D eigenvalue weighted by Crippen LogP contribution is -2.41. The summed E-state index contributed by atoms with van der Waals surface area (Å²) in [5.74, 6) is -0.526. The Labute approximate surface area is 140 Å². The van der Waals surface area contributed by atoms with Gasteiger partial charge in [0, 0.05) is 17.8 Å². The molecule has 4 amide bonds. The number of carbonyl (C=O) groups is 3. The minimum Gasteiger partial charge on any atom is -0.352 e. The SMILES string of the molecule is CCc1sc(C(=O)NNC(=O)CCCCCNC(N)=O)cc1C. The Bertz CT molecular complexity index is 557. The molecule has 1 rings (SSSR count). The number of amides is 4. The molecule has 0 aliphatic heterocycles. The minimum atomic E-state index is -0.541. The third-order valence-corrected chi connectivity index (χ3v) is 4.64. The van der Waals surface area contributed by atoms with Crippen molar-refractivity contribution in [1.82, 2.24) is 16.2 Å². The monoisotopic (exact) mass is 340 g/mol. The van der Waals surface area contributed by atoms with Crippen LogP contribution in [0.5, 0.6) is 0 Å². The molecular formula is C15H24N4O3S. The number of rotatable bonds is 8. The molecule has 0 spiro atoms. The highest BCUT2D eigenvalue weighted by Crippen LogP contribution is 2.21. The first-order valence-corrected chi connectivity index (χ1v) is 8.47. The molecule has 7 nitrogen and oxygen atoms in total. The molecule has 0 aliphatic carbocycles. The number of hydrogen-bond donors (Lipinski definition) is 4. The van der Waals surface area contributed by atoms with Gasteiger partial charge in [0.05, 0.1) is 4.88 Å². The quantitative estimate of drug-likeness (QED) is 0.426. The van der Waals surface area contributed by atoms with E-state index in [1.807, 2.05) is 19.9 Å². The van der Waals surface area contributed by atoms with Crippen LogP contribution < -0.4 is 21.9 Å². The number of nitrogens with one attached hydrogen (secondary N) is 3. The van der Waals surface area contributed by atoms with Crippen LogP contribution in [0.15, 0.2) is 6.07 Å². The van der Waals surface area contributed by atoms with Gasteiger partial charge in [-0.1, -0.05) is 13.3 Å². The van der Waals surface area contributed by atoms with Gasteiger partial charge in [-0.25, -0.2) is 4.79 Å². The molecule has 0 aliphatic rings. The average Bonchev–Trinajstić information content (AvgIpc) is 2.89. The van der Waals surface area contributed by atoms with Crippen LogP contribution >= 0.6 is 11.3 Å². The number of urea groups is 1. The summed E-state index contributed by atoms with van der Waals surface area (Å²) in [7, 11) is 0. The minimum absolute atomic E-state index is 0.231. The molecule has 0 saturated heterocycles. The summed E-state index contributed by atoms with van der Waals surface area (Å²) in [6, 6.07) is 1.29. The predicted molar refractivity (Wildman–Crippen MR) is 90.1 cm³/mol. The van der Waals surface area contributed by atoms with Crippen LogP contribution in [-0.4, -0.2) is 24.4 Å². The second kappa shape index (κ2) is 9.83. The number of aryl methyl sites for hydroxylation is 2. The fourth-order valence-electron chi connectivity index (χ4n) is 2.03. The molecule has 0 fully saturated rings. The van der Waals surface area contributed by atoms with Gasteiger partial charge in [0.15, 0.2) is 0 Å². The topological polar surface area (TPSA) is 113 Å². The lowest BCUT2D eigenvalue weighted by molar-refractivity contribution is -0.122. The molecule has 128 valence electrons. The number of carbonyl (C=O) groups excluding carboxylic acids is 3. The number of primary amides is 1. The van der Waals surface area contributed by atoms with E-state index in [0.29, 0.717) is 24.3 Å². The second-order valence-corrected chi connectivity index (χ2v) is 6.31. The van der Waals surface area contributed by atoms with Crippen molar-refractivity contribution >= 4 is 29.2 Å². The van der Waals surface area contributed by atoms with Gasteiger partial charge in [0.2, 0.25) is 5.91 Å². The van der Waals surface area contributed by atoms with E-state index in [1.54, 1.807) is 0 Å². The van der Waals surface area contributed by atoms with Crippen LogP contribution in [0.2, 0.25) is 0 Å². The van der Waals surface area contributed by atoms with E-state index in [2.05, 4.69) is 16.2 Å². The van der Waals surface area contributed by atoms with Gasteiger partial charge in [-0.2, -0.15) is 0 Å². The maximum Gasteiger partial charge on any atom is 0.312 e. The van der Waals surface area contributed by atoms with Crippen LogP contribution in [0.4, 0.5) is 4.79 Å². The molecule has 23 heavy (non-hydrogen) atoms. The first kappa shape index (κ1) is 19.0. The first-order chi connectivity index (χ1) is 10.9. The molecule has 0 unspecified atom stereocenters. The molecule has 0 bridgehead atoms. The highest BCUT2D eigenvalue weighted by Gasteiger charge is 2.12. The van der Waals surface area contributed by atoms with Crippen LogP contribution in [0.3, 0.4) is 0 Å². The maximum absolute atomic E-state index is 11.9. The summed E-state index contributed by atoms with van der Waals surface area (Å²) in [6.07, 6.45) is 3.45. The lowest BCUT2D eigenvalue weighted by atomic mass is 10.2. The molecule has 0 aromatic carbocycles. The summed E-state index contributed by atoms with van der Waals surface area (Å²) < 4.78 is 0. The molecule has 0 radical (unpaired) electrons. The zero-order chi connectivity index (χ0) is 17.2. The Morgan fingerprint density at radius 2 is 1.91 bits per heavy atom. The van der Waals surface area contributed by atoms with Gasteiger partial charge in [-0.3, -0.25) is 20.4 Å². The van der Waals surface area contributed by atoms with Gasteiger partial charge < -0.3 is 11.1 Å². The average molecular weight is 340 g/mol. The summed E-state index contributed by atoms with van der Waals surface area (Å²) in [6.45, 7) is 4.52. The van der Waals surface area contributed by atoms with E-state index in [9.17, 15) is 14.4 Å². The predicted octanol–water partition coefficient (Wildman–Crippen LogP) is 1.61. The van der Waals surface area contributed by atoms with Gasteiger partial charge in [-0.05, 0) is 37.8 Å². The third-order valence-electron chi connectivity index (χ3n) is 3.26. The summed E-state index contributed by atoms with van der Waals surface area (Å²) in [4.78, 5) is 35.8. The molecule has 0 atom stereocenters. The Morgan fingerprint density at radius 1 is 1.17 bits per heavy atom. The van der Waals surface area contributed by atoms with Crippen molar-refractivity contribution in [3.8, 4) is 0 Å². The van der Waals surface area contributed by atoms with Crippen molar-refractivity contribution < 1.29 is 14.4 Å². The highest BCUT2D eigenvalue weighted by atomic mass is 32.1. The van der Waals surface area contributed by atoms with Crippen molar-refractivity contribution in [2.45, 2.75) is 46.0 Å². The fraction of sp³-hybridized carbons (Fsp3) is 0.533. The molecule has 5 N–H and O–H groups in total. The van der Waals surface area contributed by atoms with Crippen molar-refractivity contribution in [2.75, 3.05) is 6.54 Å². The van der Waals surface area contributed by atoms with Gasteiger partial charge in [-0.15, -0.1) is 11.3 Å². The zero-order valence-electron chi connectivity index (χ0n) is 13.5. The number of nitrogens with two attached hydrogens (primary N) is 1. The smallest absolute Gasteiger partial charge is 0.312 e. The highest BCUT2D eigenvalue weighted by molar-refractivity contribution is 7.14. The van der Waals surface area contributed by atoms with E-state index in [4.69, 9.17) is 5.73 Å². The van der Waals surface area contributed by atoms with Crippen LogP contribution in [-0.2, 0) is 11.2 Å². The fourth-order valence-corrected chi connectivity index (χ4v) is 3.04. The molecule has 8 heteroatoms. The van der Waals surface area contributed by atoms with Gasteiger partial charge >= 0.3 is 6.03 Å². The molecule has 0 saturated carbocycles. The molecule has 1 aromatic rings. The Hall–Kier alpha value is -2.09. The maximum atomic E-state index is 11.9. The second-order valence-electron chi connectivity index (χ2n) is 5.17. The normalized spacial score (nSPS) is 10.2. The number of unbranched alkanes of at least 4 members (excludes halogenated alkanes) is 2. The Kier molecular flexibility index (Phi) is 8.10. The molecular weight excluding hydrogens is 316 g/mol. The lowest BCUT2D eigenvalue weighted by Gasteiger charge is -2.06. The van der Waals surface area contributed by atoms with Crippen molar-refractivity contribution in [2.24, 2.45) is 5.73 Å².